The predicted octanol–water partition coefficient (Wildman–Crippen LogP) is 1.47. The summed E-state index contributed by atoms with van der Waals surface area (Å²) in [6.07, 6.45) is 3.64. The van der Waals surface area contributed by atoms with Crippen molar-refractivity contribution < 1.29 is 9.90 Å². The summed E-state index contributed by atoms with van der Waals surface area (Å²) in [4.78, 5) is 22.6. The molecule has 1 N–H and O–H groups in total. The first-order chi connectivity index (χ1) is 9.65. The zero-order chi connectivity index (χ0) is 14.1. The molecule has 0 saturated carbocycles. The number of fused-ring (bicyclic) bond motifs is 1. The predicted molar refractivity (Wildman–Crippen MR) is 75.2 cm³/mol. The summed E-state index contributed by atoms with van der Waals surface area (Å²) in [6.45, 7) is 3.10. The van der Waals surface area contributed by atoms with Gasteiger partial charge in [0.25, 0.3) is 5.91 Å². The van der Waals surface area contributed by atoms with Crippen molar-refractivity contribution in [3.8, 4) is 0 Å². The molecule has 1 saturated heterocycles. The summed E-state index contributed by atoms with van der Waals surface area (Å²) in [6, 6.07) is 5.33. The molecule has 0 aliphatic carbocycles. The molecule has 0 spiro atoms. The molecule has 2 heterocycles. The molecule has 3 rings (SSSR count). The van der Waals surface area contributed by atoms with Crippen LogP contribution in [0.15, 0.2) is 30.6 Å². The largest absolute Gasteiger partial charge is 0.391 e. The van der Waals surface area contributed by atoms with Crippen molar-refractivity contribution in [3.63, 3.8) is 0 Å². The first-order valence-electron chi connectivity index (χ1n) is 6.83. The monoisotopic (exact) mass is 271 g/mol. The van der Waals surface area contributed by atoms with E-state index < -0.39 is 6.10 Å². The summed E-state index contributed by atoms with van der Waals surface area (Å²) >= 11 is 0. The summed E-state index contributed by atoms with van der Waals surface area (Å²) in [5.74, 6) is 0.199. The third kappa shape index (κ3) is 2.36. The van der Waals surface area contributed by atoms with Gasteiger partial charge in [-0.05, 0) is 30.5 Å². The van der Waals surface area contributed by atoms with Crippen molar-refractivity contribution in [1.29, 1.82) is 0 Å². The number of β-amino-alcohol motifs (C(OH)–C–C–N with tert-alkyl or cyclic N) is 1. The number of hydrogen-bond donors (Lipinski definition) is 1. The van der Waals surface area contributed by atoms with Crippen molar-refractivity contribution in [1.82, 2.24) is 14.9 Å². The third-order valence-electron chi connectivity index (χ3n) is 3.92. The van der Waals surface area contributed by atoms with E-state index in [0.29, 0.717) is 24.2 Å². The molecule has 0 radical (unpaired) electrons. The van der Waals surface area contributed by atoms with E-state index in [9.17, 15) is 9.90 Å². The molecular weight excluding hydrogens is 254 g/mol. The summed E-state index contributed by atoms with van der Waals surface area (Å²) in [7, 11) is 0. The first-order valence-corrected chi connectivity index (χ1v) is 6.83. The van der Waals surface area contributed by atoms with Gasteiger partial charge in [0.2, 0.25) is 0 Å². The van der Waals surface area contributed by atoms with Crippen LogP contribution in [0.4, 0.5) is 0 Å². The van der Waals surface area contributed by atoms with Crippen LogP contribution in [0.25, 0.3) is 11.0 Å². The molecule has 1 aromatic carbocycles. The molecule has 2 atom stereocenters. The highest BCUT2D eigenvalue weighted by Crippen LogP contribution is 2.20. The van der Waals surface area contributed by atoms with Gasteiger partial charge in [-0.2, -0.15) is 0 Å². The lowest BCUT2D eigenvalue weighted by atomic mass is 9.95. The number of aromatic nitrogens is 2. The van der Waals surface area contributed by atoms with Gasteiger partial charge < -0.3 is 10.0 Å². The molecule has 1 aliphatic heterocycles. The van der Waals surface area contributed by atoms with Gasteiger partial charge in [-0.1, -0.05) is 6.92 Å². The number of amides is 1. The fourth-order valence-electron chi connectivity index (χ4n) is 2.51. The highest BCUT2D eigenvalue weighted by atomic mass is 16.3. The van der Waals surface area contributed by atoms with Crippen LogP contribution in [0, 0.1) is 5.92 Å². The van der Waals surface area contributed by atoms with E-state index in [1.807, 2.05) is 6.92 Å². The molecule has 5 nitrogen and oxygen atoms in total. The average Bonchev–Trinajstić information content (AvgIpc) is 2.49. The molecular formula is C15H17N3O2. The minimum absolute atomic E-state index is 0.0523. The highest BCUT2D eigenvalue weighted by molar-refractivity contribution is 5.97. The molecule has 2 aromatic rings. The topological polar surface area (TPSA) is 66.3 Å². The fraction of sp³-hybridized carbons (Fsp3) is 0.400. The molecule has 1 aliphatic rings. The molecule has 5 heteroatoms. The summed E-state index contributed by atoms with van der Waals surface area (Å²) in [5, 5.41) is 9.90. The Bertz CT molecular complexity index is 644. The van der Waals surface area contributed by atoms with E-state index >= 15 is 0 Å². The average molecular weight is 271 g/mol. The highest BCUT2D eigenvalue weighted by Gasteiger charge is 2.27. The number of hydrogen-bond acceptors (Lipinski definition) is 4. The maximum Gasteiger partial charge on any atom is 0.254 e. The Labute approximate surface area is 117 Å². The van der Waals surface area contributed by atoms with Gasteiger partial charge in [0.15, 0.2) is 0 Å². The van der Waals surface area contributed by atoms with Gasteiger partial charge >= 0.3 is 0 Å². The van der Waals surface area contributed by atoms with Crippen molar-refractivity contribution in [2.45, 2.75) is 19.4 Å². The number of carbonyl (C=O) groups is 1. The Hall–Kier alpha value is -2.01. The molecule has 1 fully saturated rings. The van der Waals surface area contributed by atoms with E-state index in [1.165, 1.54) is 0 Å². The van der Waals surface area contributed by atoms with Crippen molar-refractivity contribution in [3.05, 3.63) is 36.2 Å². The Morgan fingerprint density at radius 3 is 2.80 bits per heavy atom. The Morgan fingerprint density at radius 1 is 1.30 bits per heavy atom. The second-order valence-electron chi connectivity index (χ2n) is 5.34. The van der Waals surface area contributed by atoms with Crippen molar-refractivity contribution >= 4 is 16.9 Å². The normalized spacial score (nSPS) is 23.0. The van der Waals surface area contributed by atoms with E-state index in [0.717, 1.165) is 11.9 Å². The molecule has 104 valence electrons. The quantitative estimate of drug-likeness (QED) is 0.853. The molecule has 0 bridgehead atoms. The van der Waals surface area contributed by atoms with Gasteiger partial charge in [-0.3, -0.25) is 14.8 Å². The summed E-state index contributed by atoms with van der Waals surface area (Å²) in [5.41, 5.74) is 2.08. The van der Waals surface area contributed by atoms with Gasteiger partial charge in [-0.15, -0.1) is 0 Å². The number of nitrogens with zero attached hydrogens (tertiary/aromatic N) is 3. The van der Waals surface area contributed by atoms with Crippen LogP contribution >= 0.6 is 0 Å². The minimum atomic E-state index is -0.437. The number of rotatable bonds is 1. The Morgan fingerprint density at radius 2 is 2.05 bits per heavy atom. The van der Waals surface area contributed by atoms with E-state index in [4.69, 9.17) is 0 Å². The molecule has 1 amide bonds. The van der Waals surface area contributed by atoms with Crippen molar-refractivity contribution in [2.75, 3.05) is 13.1 Å². The van der Waals surface area contributed by atoms with Crippen LogP contribution in [0.5, 0.6) is 0 Å². The maximum absolute atomic E-state index is 12.5. The number of carbonyl (C=O) groups excluding carboxylic acids is 1. The first kappa shape index (κ1) is 13.0. The molecule has 20 heavy (non-hydrogen) atoms. The smallest absolute Gasteiger partial charge is 0.254 e. The number of aliphatic hydroxyl groups excluding tert-OH is 1. The zero-order valence-corrected chi connectivity index (χ0v) is 11.4. The Kier molecular flexibility index (Phi) is 3.36. The molecule has 1 aromatic heterocycles. The van der Waals surface area contributed by atoms with Crippen LogP contribution in [-0.4, -0.2) is 45.1 Å². The number of likely N-dealkylation sites (tertiary alicyclic amines) is 1. The second-order valence-corrected chi connectivity index (χ2v) is 5.34. The maximum atomic E-state index is 12.5. The zero-order valence-electron chi connectivity index (χ0n) is 11.4. The van der Waals surface area contributed by atoms with Crippen molar-refractivity contribution in [2.24, 2.45) is 5.92 Å². The second kappa shape index (κ2) is 5.17. The van der Waals surface area contributed by atoms with E-state index in [1.54, 1.807) is 35.5 Å². The lowest BCUT2D eigenvalue weighted by Crippen LogP contribution is -2.45. The minimum Gasteiger partial charge on any atom is -0.391 e. The number of benzene rings is 1. The standard InChI is InChI=1S/C15H17N3O2/c1-10-4-7-18(9-14(10)19)15(20)11-2-3-12-13(8-11)17-6-5-16-12/h2-3,5-6,8,10,14,19H,4,7,9H2,1H3. The number of piperidine rings is 1. The lowest BCUT2D eigenvalue weighted by molar-refractivity contribution is 0.0249. The Balaban J connectivity index is 1.85. The van der Waals surface area contributed by atoms with Gasteiger partial charge in [-0.25, -0.2) is 0 Å². The molecule has 2 unspecified atom stereocenters. The van der Waals surface area contributed by atoms with Gasteiger partial charge in [0.05, 0.1) is 17.1 Å². The van der Waals surface area contributed by atoms with Gasteiger partial charge in [0.1, 0.15) is 0 Å². The van der Waals surface area contributed by atoms with Crippen LogP contribution < -0.4 is 0 Å². The van der Waals surface area contributed by atoms with E-state index in [2.05, 4.69) is 9.97 Å². The van der Waals surface area contributed by atoms with Crippen LogP contribution in [0.1, 0.15) is 23.7 Å². The number of aliphatic hydroxyl groups is 1. The SMILES string of the molecule is CC1CCN(C(=O)c2ccc3nccnc3c2)CC1O. The van der Waals surface area contributed by atoms with Crippen LogP contribution in [0.2, 0.25) is 0 Å². The summed E-state index contributed by atoms with van der Waals surface area (Å²) < 4.78 is 0. The van der Waals surface area contributed by atoms with Crippen LogP contribution in [0.3, 0.4) is 0 Å². The third-order valence-corrected chi connectivity index (χ3v) is 3.92. The van der Waals surface area contributed by atoms with Gasteiger partial charge in [0, 0.05) is 31.0 Å². The fourth-order valence-corrected chi connectivity index (χ4v) is 2.51. The lowest BCUT2D eigenvalue weighted by Gasteiger charge is -2.34. The van der Waals surface area contributed by atoms with Crippen LogP contribution in [-0.2, 0) is 0 Å². The van der Waals surface area contributed by atoms with E-state index in [-0.39, 0.29) is 11.8 Å².